The topological polar surface area (TPSA) is 137 Å². The summed E-state index contributed by atoms with van der Waals surface area (Å²) in [6.07, 6.45) is 22.3. The number of carbonyl (C=O) groups is 1. The van der Waals surface area contributed by atoms with Gasteiger partial charge in [-0.2, -0.15) is 0 Å². The number of hydrogen-bond acceptors (Lipinski definition) is 8. The van der Waals surface area contributed by atoms with Crippen molar-refractivity contribution >= 4 is 5.78 Å². The molecule has 1 saturated heterocycles. The fourth-order valence-electron chi connectivity index (χ4n) is 5.74. The fourth-order valence-corrected chi connectivity index (χ4v) is 5.74. The average Bonchev–Trinajstić information content (AvgIpc) is 2.97. The summed E-state index contributed by atoms with van der Waals surface area (Å²) in [6, 6.07) is 0. The highest BCUT2D eigenvalue weighted by Gasteiger charge is 2.43. The largest absolute Gasteiger partial charge is 0.394 e. The van der Waals surface area contributed by atoms with E-state index >= 15 is 0 Å². The molecule has 1 aliphatic heterocycles. The van der Waals surface area contributed by atoms with E-state index in [4.69, 9.17) is 9.47 Å². The summed E-state index contributed by atoms with van der Waals surface area (Å²) in [6.45, 7) is 1.45. The molecule has 0 aliphatic carbocycles. The van der Waals surface area contributed by atoms with Crippen molar-refractivity contribution in [3.63, 3.8) is 0 Å². The minimum atomic E-state index is -1.47. The normalized spacial score (nSPS) is 23.3. The standard InChI is InChI=1S/C34H66O8/c1-28(36)23-21-19-17-15-13-11-9-7-5-3-2-4-6-8-10-12-14-16-18-20-22-24-29(37)25-26-41-34-33(40)32(39)31(38)30(27-35)42-34/h28,30-36,38-40H,2-27H2,1H3. The first kappa shape index (κ1) is 39.4. The third-order valence-corrected chi connectivity index (χ3v) is 8.59. The minimum Gasteiger partial charge on any atom is -0.394 e. The first-order valence-electron chi connectivity index (χ1n) is 17.5. The van der Waals surface area contributed by atoms with Gasteiger partial charge >= 0.3 is 0 Å². The Labute approximate surface area is 256 Å². The minimum absolute atomic E-state index is 0.0648. The van der Waals surface area contributed by atoms with Gasteiger partial charge < -0.3 is 35.0 Å². The third-order valence-electron chi connectivity index (χ3n) is 8.59. The van der Waals surface area contributed by atoms with Gasteiger partial charge in [0.2, 0.25) is 0 Å². The van der Waals surface area contributed by atoms with Crippen LogP contribution in [0.2, 0.25) is 0 Å². The van der Waals surface area contributed by atoms with Crippen LogP contribution in [0.25, 0.3) is 0 Å². The van der Waals surface area contributed by atoms with Crippen LogP contribution >= 0.6 is 0 Å². The van der Waals surface area contributed by atoms with Gasteiger partial charge in [-0.1, -0.05) is 128 Å². The van der Waals surface area contributed by atoms with Gasteiger partial charge in [-0.3, -0.25) is 4.79 Å². The Morgan fingerprint density at radius 1 is 0.619 bits per heavy atom. The molecule has 1 fully saturated rings. The SMILES string of the molecule is CC(O)CCCCCCCCCCCCCCCCCCCCCCCC(=O)CCOC1OC(CO)C(O)C(O)C1O. The molecule has 8 nitrogen and oxygen atoms in total. The van der Waals surface area contributed by atoms with Crippen LogP contribution in [-0.4, -0.2) is 81.3 Å². The summed E-state index contributed by atoms with van der Waals surface area (Å²) in [5, 5.41) is 48.0. The first-order valence-corrected chi connectivity index (χ1v) is 17.5. The maximum absolute atomic E-state index is 12.1. The molecule has 8 heteroatoms. The Bertz CT molecular complexity index is 614. The molecule has 0 saturated carbocycles. The lowest BCUT2D eigenvalue weighted by Gasteiger charge is -2.39. The molecule has 1 heterocycles. The van der Waals surface area contributed by atoms with E-state index in [-0.39, 0.29) is 24.9 Å². The number of rotatable bonds is 29. The lowest BCUT2D eigenvalue weighted by atomic mass is 9.99. The molecule has 0 spiro atoms. The zero-order valence-corrected chi connectivity index (χ0v) is 26.8. The number of aliphatic hydroxyl groups is 5. The van der Waals surface area contributed by atoms with E-state index in [0.717, 1.165) is 19.3 Å². The van der Waals surface area contributed by atoms with Gasteiger partial charge in [-0.15, -0.1) is 0 Å². The molecular formula is C34H66O8. The number of aliphatic hydroxyl groups excluding tert-OH is 5. The zero-order chi connectivity index (χ0) is 30.8. The highest BCUT2D eigenvalue weighted by Crippen LogP contribution is 2.22. The molecule has 0 amide bonds. The second kappa shape index (κ2) is 26.8. The van der Waals surface area contributed by atoms with E-state index in [1.165, 1.54) is 122 Å². The lowest BCUT2D eigenvalue weighted by molar-refractivity contribution is -0.300. The third kappa shape index (κ3) is 20.4. The molecule has 0 aromatic rings. The number of hydrogen-bond donors (Lipinski definition) is 5. The van der Waals surface area contributed by atoms with Crippen LogP contribution in [0.15, 0.2) is 0 Å². The number of carbonyl (C=O) groups excluding carboxylic acids is 1. The molecule has 6 unspecified atom stereocenters. The predicted molar refractivity (Wildman–Crippen MR) is 167 cm³/mol. The molecule has 5 N–H and O–H groups in total. The van der Waals surface area contributed by atoms with E-state index in [1.807, 2.05) is 6.92 Å². The summed E-state index contributed by atoms with van der Waals surface area (Å²) < 4.78 is 10.7. The molecule has 6 atom stereocenters. The lowest BCUT2D eigenvalue weighted by Crippen LogP contribution is -2.59. The van der Waals surface area contributed by atoms with Gasteiger partial charge in [-0.25, -0.2) is 0 Å². The van der Waals surface area contributed by atoms with E-state index in [9.17, 15) is 30.3 Å². The van der Waals surface area contributed by atoms with Crippen molar-refractivity contribution in [2.24, 2.45) is 0 Å². The number of Topliss-reactive ketones (excluding diaryl/α,β-unsaturated/α-hetero) is 1. The van der Waals surface area contributed by atoms with Crippen molar-refractivity contribution in [3.8, 4) is 0 Å². The van der Waals surface area contributed by atoms with Crippen molar-refractivity contribution in [1.29, 1.82) is 0 Å². The summed E-state index contributed by atoms with van der Waals surface area (Å²) in [4.78, 5) is 12.1. The smallest absolute Gasteiger partial charge is 0.186 e. The Morgan fingerprint density at radius 3 is 1.43 bits per heavy atom. The Balaban J connectivity index is 1.78. The van der Waals surface area contributed by atoms with Crippen LogP contribution in [0.5, 0.6) is 0 Å². The monoisotopic (exact) mass is 602 g/mol. The molecular weight excluding hydrogens is 536 g/mol. The van der Waals surface area contributed by atoms with E-state index in [2.05, 4.69) is 0 Å². The summed E-state index contributed by atoms with van der Waals surface area (Å²) in [5.41, 5.74) is 0. The van der Waals surface area contributed by atoms with Crippen LogP contribution in [0.3, 0.4) is 0 Å². The molecule has 1 aliphatic rings. The van der Waals surface area contributed by atoms with Crippen molar-refractivity contribution in [3.05, 3.63) is 0 Å². The molecule has 42 heavy (non-hydrogen) atoms. The number of unbranched alkanes of at least 4 members (excludes halogenated alkanes) is 20. The first-order chi connectivity index (χ1) is 20.4. The van der Waals surface area contributed by atoms with Crippen LogP contribution in [0.1, 0.15) is 161 Å². The summed E-state index contributed by atoms with van der Waals surface area (Å²) >= 11 is 0. The zero-order valence-electron chi connectivity index (χ0n) is 26.8. The Morgan fingerprint density at radius 2 is 1.02 bits per heavy atom. The van der Waals surface area contributed by atoms with Crippen LogP contribution in [-0.2, 0) is 14.3 Å². The van der Waals surface area contributed by atoms with E-state index < -0.39 is 37.3 Å². The molecule has 0 aromatic carbocycles. The second-order valence-electron chi connectivity index (χ2n) is 12.7. The highest BCUT2D eigenvalue weighted by atomic mass is 16.7. The summed E-state index contributed by atoms with van der Waals surface area (Å²) in [5.74, 6) is 0.103. The van der Waals surface area contributed by atoms with Gasteiger partial charge in [0.15, 0.2) is 6.29 Å². The fraction of sp³-hybridized carbons (Fsp3) is 0.971. The molecule has 0 bridgehead atoms. The van der Waals surface area contributed by atoms with Crippen LogP contribution < -0.4 is 0 Å². The predicted octanol–water partition coefficient (Wildman–Crippen LogP) is 6.12. The molecule has 250 valence electrons. The number of ketones is 1. The van der Waals surface area contributed by atoms with Gasteiger partial charge in [0.1, 0.15) is 30.2 Å². The van der Waals surface area contributed by atoms with Crippen LogP contribution in [0.4, 0.5) is 0 Å². The van der Waals surface area contributed by atoms with E-state index in [1.54, 1.807) is 0 Å². The highest BCUT2D eigenvalue weighted by molar-refractivity contribution is 5.78. The van der Waals surface area contributed by atoms with Crippen molar-refractivity contribution < 1.29 is 39.8 Å². The van der Waals surface area contributed by atoms with Crippen molar-refractivity contribution in [1.82, 2.24) is 0 Å². The van der Waals surface area contributed by atoms with Gasteiger partial charge in [0, 0.05) is 12.8 Å². The molecule has 1 rings (SSSR count). The van der Waals surface area contributed by atoms with Gasteiger partial charge in [0.05, 0.1) is 19.3 Å². The van der Waals surface area contributed by atoms with Crippen molar-refractivity contribution in [2.45, 2.75) is 198 Å². The molecule has 0 aromatic heterocycles. The average molecular weight is 603 g/mol. The van der Waals surface area contributed by atoms with E-state index in [0.29, 0.717) is 6.42 Å². The number of ether oxygens (including phenoxy) is 2. The second-order valence-corrected chi connectivity index (χ2v) is 12.7. The Kier molecular flexibility index (Phi) is 25.1. The summed E-state index contributed by atoms with van der Waals surface area (Å²) in [7, 11) is 0. The maximum atomic E-state index is 12.1. The van der Waals surface area contributed by atoms with Crippen LogP contribution in [0, 0.1) is 0 Å². The quantitative estimate of drug-likeness (QED) is 0.0647. The van der Waals surface area contributed by atoms with Crippen molar-refractivity contribution in [2.75, 3.05) is 13.2 Å². The maximum Gasteiger partial charge on any atom is 0.186 e. The Hall–Kier alpha value is -0.610. The van der Waals surface area contributed by atoms with Gasteiger partial charge in [-0.05, 0) is 19.8 Å². The van der Waals surface area contributed by atoms with Gasteiger partial charge in [0.25, 0.3) is 0 Å². The molecule has 0 radical (unpaired) electrons.